The second kappa shape index (κ2) is 7.67. The maximum Gasteiger partial charge on any atom is 0.416 e. The van der Waals surface area contributed by atoms with Gasteiger partial charge in [0.25, 0.3) is 0 Å². The molecule has 2 heterocycles. The molecular formula is C23H18F3N3O. The van der Waals surface area contributed by atoms with Crippen molar-refractivity contribution in [2.45, 2.75) is 19.5 Å². The van der Waals surface area contributed by atoms with Crippen molar-refractivity contribution in [2.75, 3.05) is 5.32 Å². The summed E-state index contributed by atoms with van der Waals surface area (Å²) in [7, 11) is 0. The lowest BCUT2D eigenvalue weighted by molar-refractivity contribution is -0.137. The number of hydrogen-bond donors (Lipinski definition) is 1. The average molecular weight is 409 g/mol. The molecule has 0 fully saturated rings. The van der Waals surface area contributed by atoms with Crippen LogP contribution >= 0.6 is 0 Å². The molecule has 0 aliphatic heterocycles. The van der Waals surface area contributed by atoms with Gasteiger partial charge in [0.2, 0.25) is 5.91 Å². The molecule has 2 aromatic heterocycles. The number of anilines is 1. The molecular weight excluding hydrogens is 391 g/mol. The first-order chi connectivity index (χ1) is 14.3. The molecule has 0 aliphatic rings. The molecule has 1 amide bonds. The molecule has 0 aliphatic carbocycles. The van der Waals surface area contributed by atoms with Gasteiger partial charge in [-0.25, -0.2) is 4.98 Å². The SMILES string of the molecule is Cc1cccn2cc(-c3ccc(NC(=O)Cc4cccc(C(F)(F)F)c4)cc3)nc12. The number of carbonyl (C=O) groups excluding carboxylic acids is 1. The number of benzene rings is 2. The largest absolute Gasteiger partial charge is 0.416 e. The first-order valence-electron chi connectivity index (χ1n) is 9.30. The summed E-state index contributed by atoms with van der Waals surface area (Å²) in [6, 6.07) is 15.9. The number of nitrogens with one attached hydrogen (secondary N) is 1. The highest BCUT2D eigenvalue weighted by molar-refractivity contribution is 5.92. The maximum atomic E-state index is 12.8. The van der Waals surface area contributed by atoms with Crippen molar-refractivity contribution in [3.8, 4) is 11.3 Å². The van der Waals surface area contributed by atoms with E-state index in [4.69, 9.17) is 0 Å². The van der Waals surface area contributed by atoms with Crippen molar-refractivity contribution < 1.29 is 18.0 Å². The highest BCUT2D eigenvalue weighted by Gasteiger charge is 2.30. The number of amides is 1. The van der Waals surface area contributed by atoms with Crippen LogP contribution in [0, 0.1) is 6.92 Å². The van der Waals surface area contributed by atoms with Gasteiger partial charge >= 0.3 is 6.18 Å². The number of imidazole rings is 1. The van der Waals surface area contributed by atoms with Crippen LogP contribution in [0.1, 0.15) is 16.7 Å². The number of aryl methyl sites for hydroxylation is 1. The number of rotatable bonds is 4. The Kier molecular flexibility index (Phi) is 5.03. The van der Waals surface area contributed by atoms with Crippen LogP contribution in [-0.4, -0.2) is 15.3 Å². The Labute approximate surface area is 171 Å². The fourth-order valence-electron chi connectivity index (χ4n) is 3.27. The number of alkyl halides is 3. The lowest BCUT2D eigenvalue weighted by Gasteiger charge is -2.09. The quantitative estimate of drug-likeness (QED) is 0.483. The summed E-state index contributed by atoms with van der Waals surface area (Å²) in [5, 5.41) is 2.72. The van der Waals surface area contributed by atoms with E-state index in [1.165, 1.54) is 12.1 Å². The standard InChI is InChI=1S/C23H18F3N3O/c1-15-4-3-11-29-14-20(28-22(15)29)17-7-9-19(10-8-17)27-21(30)13-16-5-2-6-18(12-16)23(24,25)26/h2-12,14H,13H2,1H3,(H,27,30). The Morgan fingerprint density at radius 1 is 1.07 bits per heavy atom. The minimum Gasteiger partial charge on any atom is -0.326 e. The molecule has 4 nitrogen and oxygen atoms in total. The monoisotopic (exact) mass is 409 g/mol. The minimum atomic E-state index is -4.43. The predicted molar refractivity (Wildman–Crippen MR) is 109 cm³/mol. The Balaban J connectivity index is 1.45. The molecule has 0 saturated carbocycles. The van der Waals surface area contributed by atoms with Crippen LogP contribution in [0.2, 0.25) is 0 Å². The molecule has 0 unspecified atom stereocenters. The van der Waals surface area contributed by atoms with Crippen LogP contribution < -0.4 is 5.32 Å². The summed E-state index contributed by atoms with van der Waals surface area (Å²) in [5.74, 6) is -0.384. The first-order valence-corrected chi connectivity index (χ1v) is 9.30. The van der Waals surface area contributed by atoms with Crippen LogP contribution in [0.15, 0.2) is 73.1 Å². The number of halogens is 3. The predicted octanol–water partition coefficient (Wildman–Crippen LogP) is 5.51. The Bertz CT molecular complexity index is 1210. The zero-order valence-corrected chi connectivity index (χ0v) is 16.1. The third kappa shape index (κ3) is 4.20. The van der Waals surface area contributed by atoms with Crippen LogP contribution in [0.4, 0.5) is 18.9 Å². The molecule has 1 N–H and O–H groups in total. The van der Waals surface area contributed by atoms with E-state index < -0.39 is 11.7 Å². The summed E-state index contributed by atoms with van der Waals surface area (Å²) in [5.41, 5.74) is 3.77. The van der Waals surface area contributed by atoms with Gasteiger partial charge in [-0.3, -0.25) is 4.79 Å². The van der Waals surface area contributed by atoms with E-state index in [1.54, 1.807) is 12.1 Å². The van der Waals surface area contributed by atoms with E-state index in [1.807, 2.05) is 48.0 Å². The zero-order valence-electron chi connectivity index (χ0n) is 16.1. The lowest BCUT2D eigenvalue weighted by atomic mass is 10.1. The highest BCUT2D eigenvalue weighted by atomic mass is 19.4. The van der Waals surface area contributed by atoms with E-state index in [9.17, 15) is 18.0 Å². The number of fused-ring (bicyclic) bond motifs is 1. The van der Waals surface area contributed by atoms with Gasteiger partial charge < -0.3 is 9.72 Å². The van der Waals surface area contributed by atoms with Gasteiger partial charge in [0.15, 0.2) is 0 Å². The minimum absolute atomic E-state index is 0.141. The summed E-state index contributed by atoms with van der Waals surface area (Å²) < 4.78 is 40.4. The summed E-state index contributed by atoms with van der Waals surface area (Å²) >= 11 is 0. The van der Waals surface area contributed by atoms with Gasteiger partial charge in [0, 0.05) is 23.6 Å². The smallest absolute Gasteiger partial charge is 0.326 e. The topological polar surface area (TPSA) is 46.4 Å². The number of carbonyl (C=O) groups is 1. The van der Waals surface area contributed by atoms with Crippen molar-refractivity contribution in [3.05, 3.63) is 89.7 Å². The summed E-state index contributed by atoms with van der Waals surface area (Å²) in [6.45, 7) is 2.00. The first kappa shape index (κ1) is 19.7. The molecule has 0 atom stereocenters. The third-order valence-corrected chi connectivity index (χ3v) is 4.76. The molecule has 30 heavy (non-hydrogen) atoms. The highest BCUT2D eigenvalue weighted by Crippen LogP contribution is 2.29. The van der Waals surface area contributed by atoms with Gasteiger partial charge in [-0.15, -0.1) is 0 Å². The van der Waals surface area contributed by atoms with Gasteiger partial charge in [-0.05, 0) is 42.3 Å². The van der Waals surface area contributed by atoms with Crippen molar-refractivity contribution in [2.24, 2.45) is 0 Å². The van der Waals surface area contributed by atoms with E-state index >= 15 is 0 Å². The second-order valence-corrected chi connectivity index (χ2v) is 7.05. The van der Waals surface area contributed by atoms with Gasteiger partial charge in [0.1, 0.15) is 5.65 Å². The number of pyridine rings is 1. The van der Waals surface area contributed by atoms with Crippen molar-refractivity contribution in [3.63, 3.8) is 0 Å². The number of hydrogen-bond acceptors (Lipinski definition) is 2. The summed E-state index contributed by atoms with van der Waals surface area (Å²) in [4.78, 5) is 16.9. The van der Waals surface area contributed by atoms with Crippen LogP contribution in [0.25, 0.3) is 16.9 Å². The van der Waals surface area contributed by atoms with Gasteiger partial charge in [-0.1, -0.05) is 36.4 Å². The Hall–Kier alpha value is -3.61. The van der Waals surface area contributed by atoms with E-state index in [0.717, 1.165) is 34.6 Å². The normalized spacial score (nSPS) is 11.6. The molecule has 4 aromatic rings. The second-order valence-electron chi connectivity index (χ2n) is 7.05. The van der Waals surface area contributed by atoms with Gasteiger partial charge in [0.05, 0.1) is 17.7 Å². The molecule has 0 saturated heterocycles. The van der Waals surface area contributed by atoms with E-state index in [0.29, 0.717) is 11.3 Å². The van der Waals surface area contributed by atoms with E-state index in [2.05, 4.69) is 10.3 Å². The van der Waals surface area contributed by atoms with E-state index in [-0.39, 0.29) is 12.3 Å². The molecule has 2 aromatic carbocycles. The fourth-order valence-corrected chi connectivity index (χ4v) is 3.27. The molecule has 0 radical (unpaired) electrons. The average Bonchev–Trinajstić information content (AvgIpc) is 3.14. The number of nitrogens with zero attached hydrogens (tertiary/aromatic N) is 2. The Morgan fingerprint density at radius 3 is 2.53 bits per heavy atom. The summed E-state index contributed by atoms with van der Waals surface area (Å²) in [6.07, 6.45) is -0.707. The van der Waals surface area contributed by atoms with Crippen LogP contribution in [0.3, 0.4) is 0 Å². The van der Waals surface area contributed by atoms with Crippen molar-refractivity contribution in [1.82, 2.24) is 9.38 Å². The molecule has 152 valence electrons. The molecule has 0 bridgehead atoms. The van der Waals surface area contributed by atoms with Crippen molar-refractivity contribution >= 4 is 17.2 Å². The third-order valence-electron chi connectivity index (χ3n) is 4.76. The van der Waals surface area contributed by atoms with Crippen molar-refractivity contribution in [1.29, 1.82) is 0 Å². The maximum absolute atomic E-state index is 12.8. The molecule has 4 rings (SSSR count). The van der Waals surface area contributed by atoms with Gasteiger partial charge in [-0.2, -0.15) is 13.2 Å². The number of aromatic nitrogens is 2. The molecule has 0 spiro atoms. The molecule has 7 heteroatoms. The fraction of sp³-hybridized carbons (Fsp3) is 0.130. The van der Waals surface area contributed by atoms with Crippen LogP contribution in [-0.2, 0) is 17.4 Å². The Morgan fingerprint density at radius 2 is 1.83 bits per heavy atom. The zero-order chi connectivity index (χ0) is 21.3. The van der Waals surface area contributed by atoms with Crippen LogP contribution in [0.5, 0.6) is 0 Å². The lowest BCUT2D eigenvalue weighted by Crippen LogP contribution is -2.15.